The average Bonchev–Trinajstić information content (AvgIpc) is 2.98. The molecule has 0 amide bonds. The molecule has 2 aromatic rings. The Labute approximate surface area is 111 Å². The van der Waals surface area contributed by atoms with E-state index in [-0.39, 0.29) is 5.76 Å². The van der Waals surface area contributed by atoms with Gasteiger partial charge in [0.1, 0.15) is 0 Å². The van der Waals surface area contributed by atoms with Gasteiger partial charge in [0.2, 0.25) is 0 Å². The van der Waals surface area contributed by atoms with Gasteiger partial charge in [-0.15, -0.1) is 0 Å². The summed E-state index contributed by atoms with van der Waals surface area (Å²) >= 11 is 0. The van der Waals surface area contributed by atoms with Crippen LogP contribution < -0.4 is 11.5 Å². The molecule has 1 atom stereocenters. The molecule has 102 valence electrons. The number of fused-ring (bicyclic) bond motifs is 1. The Hall–Kier alpha value is -1.75. The van der Waals surface area contributed by atoms with Crippen LogP contribution >= 0.6 is 0 Å². The van der Waals surface area contributed by atoms with Gasteiger partial charge in [-0.3, -0.25) is 4.57 Å². The summed E-state index contributed by atoms with van der Waals surface area (Å²) in [5, 5.41) is 0. The number of anilines is 1. The summed E-state index contributed by atoms with van der Waals surface area (Å²) in [5.41, 5.74) is 7.65. The van der Waals surface area contributed by atoms with Crippen molar-refractivity contribution in [2.24, 2.45) is 0 Å². The zero-order valence-electron chi connectivity index (χ0n) is 10.8. The molecular formula is C14H18N2O3. The lowest BCUT2D eigenvalue weighted by atomic mass is 10.1. The van der Waals surface area contributed by atoms with E-state index in [4.69, 9.17) is 14.9 Å². The third kappa shape index (κ3) is 2.51. The third-order valence-corrected chi connectivity index (χ3v) is 3.62. The quantitative estimate of drug-likeness (QED) is 0.857. The van der Waals surface area contributed by atoms with Gasteiger partial charge in [-0.1, -0.05) is 0 Å². The second-order valence-corrected chi connectivity index (χ2v) is 5.02. The van der Waals surface area contributed by atoms with Gasteiger partial charge < -0.3 is 14.9 Å². The largest absolute Gasteiger partial charge is 0.419 e. The summed E-state index contributed by atoms with van der Waals surface area (Å²) in [6.07, 6.45) is 4.57. The van der Waals surface area contributed by atoms with Crippen molar-refractivity contribution in [1.29, 1.82) is 0 Å². The number of oxazole rings is 1. The van der Waals surface area contributed by atoms with Gasteiger partial charge in [0.15, 0.2) is 5.58 Å². The maximum Gasteiger partial charge on any atom is 0.419 e. The van der Waals surface area contributed by atoms with Crippen molar-refractivity contribution in [3.05, 3.63) is 28.7 Å². The molecule has 1 fully saturated rings. The minimum Gasteiger partial charge on any atom is -0.408 e. The van der Waals surface area contributed by atoms with Crippen molar-refractivity contribution in [3.8, 4) is 0 Å². The number of rotatable bonds is 4. The van der Waals surface area contributed by atoms with Crippen LogP contribution in [0.1, 0.15) is 25.7 Å². The summed E-state index contributed by atoms with van der Waals surface area (Å²) < 4.78 is 12.4. The van der Waals surface area contributed by atoms with Gasteiger partial charge in [-0.25, -0.2) is 4.79 Å². The van der Waals surface area contributed by atoms with E-state index in [1.165, 1.54) is 0 Å². The Bertz CT molecular complexity index is 623. The summed E-state index contributed by atoms with van der Waals surface area (Å²) in [5.74, 6) is -0.312. The zero-order chi connectivity index (χ0) is 13.2. The summed E-state index contributed by atoms with van der Waals surface area (Å²) in [7, 11) is 0. The number of hydrogen-bond donors (Lipinski definition) is 1. The lowest BCUT2D eigenvalue weighted by Crippen LogP contribution is -2.15. The highest BCUT2D eigenvalue weighted by molar-refractivity contribution is 5.76. The molecule has 0 spiro atoms. The van der Waals surface area contributed by atoms with E-state index in [0.717, 1.165) is 37.8 Å². The smallest absolute Gasteiger partial charge is 0.408 e. The first-order chi connectivity index (χ1) is 9.24. The molecule has 0 radical (unpaired) electrons. The second-order valence-electron chi connectivity index (χ2n) is 5.02. The van der Waals surface area contributed by atoms with Crippen LogP contribution in [0.25, 0.3) is 11.1 Å². The van der Waals surface area contributed by atoms with Crippen LogP contribution in [0.3, 0.4) is 0 Å². The topological polar surface area (TPSA) is 70.4 Å². The summed E-state index contributed by atoms with van der Waals surface area (Å²) in [4.78, 5) is 11.8. The summed E-state index contributed by atoms with van der Waals surface area (Å²) in [6.45, 7) is 1.54. The van der Waals surface area contributed by atoms with Crippen molar-refractivity contribution in [3.63, 3.8) is 0 Å². The Morgan fingerprint density at radius 3 is 3.11 bits per heavy atom. The monoisotopic (exact) mass is 262 g/mol. The highest BCUT2D eigenvalue weighted by Crippen LogP contribution is 2.19. The van der Waals surface area contributed by atoms with Gasteiger partial charge >= 0.3 is 5.76 Å². The maximum atomic E-state index is 11.8. The molecule has 1 saturated heterocycles. The van der Waals surface area contributed by atoms with E-state index in [1.54, 1.807) is 16.7 Å². The van der Waals surface area contributed by atoms with Crippen LogP contribution in [0.4, 0.5) is 5.69 Å². The third-order valence-electron chi connectivity index (χ3n) is 3.62. The SMILES string of the molecule is Nc1ccc2c(c1)oc(=O)n2CCCC1CCCO1. The minimum absolute atomic E-state index is 0.312. The fourth-order valence-electron chi connectivity index (χ4n) is 2.64. The molecule has 1 aliphatic heterocycles. The second kappa shape index (κ2) is 5.09. The molecule has 0 saturated carbocycles. The van der Waals surface area contributed by atoms with Crippen LogP contribution in [0.15, 0.2) is 27.4 Å². The van der Waals surface area contributed by atoms with Gasteiger partial charge in [0, 0.05) is 24.9 Å². The van der Waals surface area contributed by atoms with E-state index in [2.05, 4.69) is 0 Å². The first-order valence-electron chi connectivity index (χ1n) is 6.74. The van der Waals surface area contributed by atoms with Crippen LogP contribution in [-0.2, 0) is 11.3 Å². The molecule has 2 heterocycles. The number of nitrogens with two attached hydrogens (primary N) is 1. The lowest BCUT2D eigenvalue weighted by Gasteiger charge is -2.08. The summed E-state index contributed by atoms with van der Waals surface area (Å²) in [6, 6.07) is 5.31. The van der Waals surface area contributed by atoms with Crippen molar-refractivity contribution in [1.82, 2.24) is 4.57 Å². The van der Waals surface area contributed by atoms with Crippen LogP contribution in [0.2, 0.25) is 0 Å². The number of nitrogen functional groups attached to an aromatic ring is 1. The molecule has 19 heavy (non-hydrogen) atoms. The Morgan fingerprint density at radius 1 is 1.42 bits per heavy atom. The number of benzene rings is 1. The van der Waals surface area contributed by atoms with E-state index in [0.29, 0.717) is 23.9 Å². The van der Waals surface area contributed by atoms with Gasteiger partial charge in [0.05, 0.1) is 11.6 Å². The Balaban J connectivity index is 1.73. The zero-order valence-corrected chi connectivity index (χ0v) is 10.8. The molecule has 0 bridgehead atoms. The van der Waals surface area contributed by atoms with Crippen molar-refractivity contribution in [2.45, 2.75) is 38.3 Å². The van der Waals surface area contributed by atoms with Gasteiger partial charge in [0.25, 0.3) is 0 Å². The molecule has 3 rings (SSSR count). The molecule has 5 nitrogen and oxygen atoms in total. The number of hydrogen-bond acceptors (Lipinski definition) is 4. The Kier molecular flexibility index (Phi) is 3.29. The van der Waals surface area contributed by atoms with E-state index in [9.17, 15) is 4.79 Å². The van der Waals surface area contributed by atoms with Crippen LogP contribution in [-0.4, -0.2) is 17.3 Å². The highest BCUT2D eigenvalue weighted by Gasteiger charge is 2.15. The minimum atomic E-state index is -0.312. The van der Waals surface area contributed by atoms with Crippen molar-refractivity contribution in [2.75, 3.05) is 12.3 Å². The van der Waals surface area contributed by atoms with Crippen molar-refractivity contribution < 1.29 is 9.15 Å². The average molecular weight is 262 g/mol. The Morgan fingerprint density at radius 2 is 2.32 bits per heavy atom. The first kappa shape index (κ1) is 12.3. The molecule has 2 N–H and O–H groups in total. The normalized spacial score (nSPS) is 19.3. The van der Waals surface area contributed by atoms with E-state index >= 15 is 0 Å². The van der Waals surface area contributed by atoms with Crippen LogP contribution in [0, 0.1) is 0 Å². The molecule has 1 unspecified atom stereocenters. The highest BCUT2D eigenvalue weighted by atomic mass is 16.5. The number of aryl methyl sites for hydroxylation is 1. The maximum absolute atomic E-state index is 11.8. The standard InChI is InChI=1S/C14H18N2O3/c15-10-5-6-12-13(9-10)19-14(17)16(12)7-1-3-11-4-2-8-18-11/h5-6,9,11H,1-4,7-8,15H2. The van der Waals surface area contributed by atoms with E-state index < -0.39 is 0 Å². The molecule has 5 heteroatoms. The van der Waals surface area contributed by atoms with E-state index in [1.807, 2.05) is 6.07 Å². The predicted molar refractivity (Wildman–Crippen MR) is 73.1 cm³/mol. The van der Waals surface area contributed by atoms with Crippen molar-refractivity contribution >= 4 is 16.8 Å². The molecular weight excluding hydrogens is 244 g/mol. The number of aromatic nitrogens is 1. The first-order valence-corrected chi connectivity index (χ1v) is 6.74. The molecule has 0 aliphatic carbocycles. The fourth-order valence-corrected chi connectivity index (χ4v) is 2.64. The number of nitrogens with zero attached hydrogens (tertiary/aromatic N) is 1. The predicted octanol–water partition coefficient (Wildman–Crippen LogP) is 2.14. The number of ether oxygens (including phenoxy) is 1. The molecule has 1 aromatic carbocycles. The van der Waals surface area contributed by atoms with Gasteiger partial charge in [-0.2, -0.15) is 0 Å². The fraction of sp³-hybridized carbons (Fsp3) is 0.500. The van der Waals surface area contributed by atoms with Crippen LogP contribution in [0.5, 0.6) is 0 Å². The molecule has 1 aliphatic rings. The lowest BCUT2D eigenvalue weighted by molar-refractivity contribution is 0.101. The molecule has 1 aromatic heterocycles. The van der Waals surface area contributed by atoms with Gasteiger partial charge in [-0.05, 0) is 37.8 Å².